The molecule has 1 amide bonds. The predicted octanol–water partition coefficient (Wildman–Crippen LogP) is 3.54. The van der Waals surface area contributed by atoms with Crippen molar-refractivity contribution in [1.82, 2.24) is 15.2 Å². The molecule has 1 atom stereocenters. The van der Waals surface area contributed by atoms with Crippen LogP contribution in [0.15, 0.2) is 24.3 Å². The van der Waals surface area contributed by atoms with Crippen molar-refractivity contribution in [3.05, 3.63) is 51.0 Å². The van der Waals surface area contributed by atoms with E-state index in [1.54, 1.807) is 0 Å². The van der Waals surface area contributed by atoms with Gasteiger partial charge in [-0.2, -0.15) is 0 Å². The molecule has 0 saturated carbocycles. The van der Waals surface area contributed by atoms with Crippen molar-refractivity contribution in [3.63, 3.8) is 0 Å². The summed E-state index contributed by atoms with van der Waals surface area (Å²) in [5, 5.41) is 4.03. The van der Waals surface area contributed by atoms with E-state index in [9.17, 15) is 4.79 Å². The Morgan fingerprint density at radius 2 is 2.16 bits per heavy atom. The van der Waals surface area contributed by atoms with Gasteiger partial charge in [0, 0.05) is 19.6 Å². The van der Waals surface area contributed by atoms with Gasteiger partial charge in [0.25, 0.3) is 5.91 Å². The van der Waals surface area contributed by atoms with E-state index in [0.29, 0.717) is 12.5 Å². The summed E-state index contributed by atoms with van der Waals surface area (Å²) in [6.45, 7) is 9.99. The highest BCUT2D eigenvalue weighted by molar-refractivity contribution is 7.13. The first-order valence-electron chi connectivity index (χ1n) is 9.11. The lowest BCUT2D eigenvalue weighted by Gasteiger charge is -2.17. The number of aryl methyl sites for hydroxylation is 3. The van der Waals surface area contributed by atoms with Gasteiger partial charge in [0.15, 0.2) is 0 Å². The summed E-state index contributed by atoms with van der Waals surface area (Å²) in [4.78, 5) is 20.0. The van der Waals surface area contributed by atoms with Crippen LogP contribution in [0.5, 0.6) is 0 Å². The molecule has 1 fully saturated rings. The second kappa shape index (κ2) is 8.11. The standard InChI is InChI=1S/C20H27N3OS/c1-4-18-19(25-15(3)22-18)20(24)21-10-12-23-11-9-16(13-23)17-8-6-5-7-14(17)2/h5-8,16H,4,9-13H2,1-3H3,(H,21,24)/t16-/m0/s1. The average Bonchev–Trinajstić information content (AvgIpc) is 3.21. The normalized spacial score (nSPS) is 17.8. The Balaban J connectivity index is 1.48. The van der Waals surface area contributed by atoms with E-state index in [1.807, 2.05) is 13.8 Å². The molecule has 2 aromatic rings. The van der Waals surface area contributed by atoms with Gasteiger partial charge < -0.3 is 10.2 Å². The summed E-state index contributed by atoms with van der Waals surface area (Å²) in [5.41, 5.74) is 3.78. The first kappa shape index (κ1) is 18.1. The minimum atomic E-state index is 0.0251. The SMILES string of the molecule is CCc1nc(C)sc1C(=O)NCCN1CC[C@H](c2ccccc2C)C1. The minimum absolute atomic E-state index is 0.0251. The highest BCUT2D eigenvalue weighted by Gasteiger charge is 2.24. The molecule has 0 bridgehead atoms. The molecule has 0 aliphatic carbocycles. The van der Waals surface area contributed by atoms with Crippen molar-refractivity contribution in [2.24, 2.45) is 0 Å². The smallest absolute Gasteiger partial charge is 0.263 e. The number of thiazole rings is 1. The molecule has 1 aliphatic heterocycles. The molecule has 0 radical (unpaired) electrons. The van der Waals surface area contributed by atoms with Gasteiger partial charge >= 0.3 is 0 Å². The first-order valence-corrected chi connectivity index (χ1v) is 9.92. The zero-order valence-corrected chi connectivity index (χ0v) is 16.2. The number of rotatable bonds is 6. The van der Waals surface area contributed by atoms with E-state index in [2.05, 4.69) is 46.4 Å². The fraction of sp³-hybridized carbons (Fsp3) is 0.500. The lowest BCUT2D eigenvalue weighted by Crippen LogP contribution is -2.33. The van der Waals surface area contributed by atoms with Crippen LogP contribution >= 0.6 is 11.3 Å². The van der Waals surface area contributed by atoms with Crippen LogP contribution in [0.25, 0.3) is 0 Å². The van der Waals surface area contributed by atoms with Crippen LogP contribution in [0.2, 0.25) is 0 Å². The molecular weight excluding hydrogens is 330 g/mol. The van der Waals surface area contributed by atoms with E-state index < -0.39 is 0 Å². The monoisotopic (exact) mass is 357 g/mol. The molecule has 1 aliphatic rings. The van der Waals surface area contributed by atoms with Crippen LogP contribution in [-0.4, -0.2) is 42.0 Å². The third kappa shape index (κ3) is 4.28. The van der Waals surface area contributed by atoms with Gasteiger partial charge in [0.05, 0.1) is 10.7 Å². The molecule has 0 spiro atoms. The van der Waals surface area contributed by atoms with Crippen LogP contribution in [0.3, 0.4) is 0 Å². The lowest BCUT2D eigenvalue weighted by atomic mass is 9.94. The van der Waals surface area contributed by atoms with Crippen molar-refractivity contribution < 1.29 is 4.79 Å². The van der Waals surface area contributed by atoms with Crippen LogP contribution in [-0.2, 0) is 6.42 Å². The number of hydrogen-bond acceptors (Lipinski definition) is 4. The Kier molecular flexibility index (Phi) is 5.86. The predicted molar refractivity (Wildman–Crippen MR) is 104 cm³/mol. The number of nitrogens with one attached hydrogen (secondary N) is 1. The molecule has 134 valence electrons. The van der Waals surface area contributed by atoms with Gasteiger partial charge in [0.2, 0.25) is 0 Å². The van der Waals surface area contributed by atoms with Crippen molar-refractivity contribution in [2.75, 3.05) is 26.2 Å². The largest absolute Gasteiger partial charge is 0.350 e. The number of benzene rings is 1. The van der Waals surface area contributed by atoms with Crippen molar-refractivity contribution in [2.45, 2.75) is 39.5 Å². The van der Waals surface area contributed by atoms with Gasteiger partial charge in [-0.1, -0.05) is 31.2 Å². The summed E-state index contributed by atoms with van der Waals surface area (Å²) < 4.78 is 0. The second-order valence-corrected chi connectivity index (χ2v) is 7.96. The summed E-state index contributed by atoms with van der Waals surface area (Å²) in [6, 6.07) is 8.69. The molecule has 4 nitrogen and oxygen atoms in total. The number of nitrogens with zero attached hydrogens (tertiary/aromatic N) is 2. The molecule has 5 heteroatoms. The fourth-order valence-electron chi connectivity index (χ4n) is 3.63. The highest BCUT2D eigenvalue weighted by Crippen LogP contribution is 2.28. The maximum Gasteiger partial charge on any atom is 0.263 e. The molecule has 3 rings (SSSR count). The van der Waals surface area contributed by atoms with Gasteiger partial charge in [0.1, 0.15) is 4.88 Å². The molecule has 1 aromatic carbocycles. The summed E-state index contributed by atoms with van der Waals surface area (Å²) in [5.74, 6) is 0.643. The minimum Gasteiger partial charge on any atom is -0.350 e. The number of aromatic nitrogens is 1. The number of amides is 1. The number of carbonyl (C=O) groups is 1. The van der Waals surface area contributed by atoms with Crippen LogP contribution < -0.4 is 5.32 Å². The van der Waals surface area contributed by atoms with E-state index in [4.69, 9.17) is 0 Å². The van der Waals surface area contributed by atoms with Gasteiger partial charge in [-0.15, -0.1) is 11.3 Å². The van der Waals surface area contributed by atoms with Gasteiger partial charge in [-0.3, -0.25) is 4.79 Å². The maximum absolute atomic E-state index is 12.4. The van der Waals surface area contributed by atoms with Crippen molar-refractivity contribution >= 4 is 17.2 Å². The fourth-order valence-corrected chi connectivity index (χ4v) is 4.55. The van der Waals surface area contributed by atoms with Crippen LogP contribution in [0.1, 0.15) is 50.8 Å². The summed E-state index contributed by atoms with van der Waals surface area (Å²) >= 11 is 1.49. The van der Waals surface area contributed by atoms with E-state index in [0.717, 1.165) is 41.6 Å². The quantitative estimate of drug-likeness (QED) is 0.860. The van der Waals surface area contributed by atoms with Crippen molar-refractivity contribution in [1.29, 1.82) is 0 Å². The molecule has 1 aromatic heterocycles. The molecule has 0 unspecified atom stereocenters. The Morgan fingerprint density at radius 1 is 1.36 bits per heavy atom. The average molecular weight is 358 g/mol. The molecule has 25 heavy (non-hydrogen) atoms. The zero-order valence-electron chi connectivity index (χ0n) is 15.3. The first-order chi connectivity index (χ1) is 12.1. The van der Waals surface area contributed by atoms with E-state index >= 15 is 0 Å². The summed E-state index contributed by atoms with van der Waals surface area (Å²) in [6.07, 6.45) is 2.00. The molecule has 2 heterocycles. The van der Waals surface area contributed by atoms with Crippen LogP contribution in [0, 0.1) is 13.8 Å². The Labute approximate surface area is 154 Å². The third-order valence-corrected chi connectivity index (χ3v) is 5.97. The number of hydrogen-bond donors (Lipinski definition) is 1. The van der Waals surface area contributed by atoms with Crippen molar-refractivity contribution in [3.8, 4) is 0 Å². The lowest BCUT2D eigenvalue weighted by molar-refractivity contribution is 0.0952. The topological polar surface area (TPSA) is 45.2 Å². The maximum atomic E-state index is 12.4. The van der Waals surface area contributed by atoms with Gasteiger partial charge in [-0.25, -0.2) is 4.98 Å². The molecule has 1 saturated heterocycles. The molecule has 1 N–H and O–H groups in total. The summed E-state index contributed by atoms with van der Waals surface area (Å²) in [7, 11) is 0. The second-order valence-electron chi connectivity index (χ2n) is 6.76. The van der Waals surface area contributed by atoms with Gasteiger partial charge in [-0.05, 0) is 50.3 Å². The third-order valence-electron chi connectivity index (χ3n) is 4.96. The van der Waals surface area contributed by atoms with E-state index in [-0.39, 0.29) is 5.91 Å². The Morgan fingerprint density at radius 3 is 2.92 bits per heavy atom. The van der Waals surface area contributed by atoms with E-state index in [1.165, 1.54) is 28.9 Å². The zero-order chi connectivity index (χ0) is 17.8. The Hall–Kier alpha value is -1.72. The van der Waals surface area contributed by atoms with Crippen LogP contribution in [0.4, 0.5) is 0 Å². The number of likely N-dealkylation sites (tertiary alicyclic amines) is 1. The Bertz CT molecular complexity index is 740. The highest BCUT2D eigenvalue weighted by atomic mass is 32.1. The number of carbonyl (C=O) groups excluding carboxylic acids is 1. The molecular formula is C20H27N3OS.